The Labute approximate surface area is 313 Å². The molecular weight excluding hydrogens is 642 g/mol. The largest absolute Gasteiger partial charge is 0.499 e. The number of nitrogens with one attached hydrogen (secondary N) is 1. The molecule has 7 atom stereocenters. The molecule has 0 aromatic heterocycles. The van der Waals surface area contributed by atoms with E-state index in [1.807, 2.05) is 6.08 Å². The summed E-state index contributed by atoms with van der Waals surface area (Å²) in [5, 5.41) is 45.6. The van der Waals surface area contributed by atoms with Gasteiger partial charge in [0.25, 0.3) is 0 Å². The number of ether oxygens (including phenoxy) is 2. The van der Waals surface area contributed by atoms with Gasteiger partial charge in [0.2, 0.25) is 5.91 Å². The topological polar surface area (TPSA) is 128 Å². The monoisotopic (exact) mass is 724 g/mol. The lowest BCUT2D eigenvalue weighted by Crippen LogP contribution is -2.58. The predicted octanol–water partition coefficient (Wildman–Crippen LogP) is 9.36. The normalized spacial score (nSPS) is 21.9. The maximum atomic E-state index is 13.0. The molecule has 0 radical (unpaired) electrons. The third-order valence-electron chi connectivity index (χ3n) is 10.5. The van der Waals surface area contributed by atoms with Crippen molar-refractivity contribution in [2.75, 3.05) is 6.61 Å². The van der Waals surface area contributed by atoms with Gasteiger partial charge < -0.3 is 35.2 Å². The molecule has 0 spiro atoms. The summed E-state index contributed by atoms with van der Waals surface area (Å²) in [4.78, 5) is 13.0. The van der Waals surface area contributed by atoms with Crippen LogP contribution in [0.4, 0.5) is 0 Å². The molecule has 51 heavy (non-hydrogen) atoms. The van der Waals surface area contributed by atoms with Gasteiger partial charge in [-0.2, -0.15) is 0 Å². The van der Waals surface area contributed by atoms with Crippen LogP contribution in [0.2, 0.25) is 0 Å². The van der Waals surface area contributed by atoms with Crippen LogP contribution >= 0.6 is 0 Å². The number of hydrogen-bond acceptors (Lipinski definition) is 7. The number of allylic oxidation sites excluding steroid dienone is 1. The fraction of sp³-hybridized carbons (Fsp3) is 0.884. The lowest BCUT2D eigenvalue weighted by molar-refractivity contribution is -0.231. The van der Waals surface area contributed by atoms with Gasteiger partial charge in [0.15, 0.2) is 0 Å². The van der Waals surface area contributed by atoms with Crippen molar-refractivity contribution >= 4 is 5.91 Å². The highest BCUT2D eigenvalue weighted by atomic mass is 16.6. The SMILES string of the molecule is C=COC[C@@H]1O[C@H](CCC(NC(=O)CCCCCCCCCCCCCCC)C(O)/C=C/CCCCCCCCCCCCC)[C@@H](O)[C@H](O)[C@@H]1O. The minimum Gasteiger partial charge on any atom is -0.499 e. The van der Waals surface area contributed by atoms with Gasteiger partial charge in [0.05, 0.1) is 24.5 Å². The Morgan fingerprint density at radius 3 is 1.63 bits per heavy atom. The summed E-state index contributed by atoms with van der Waals surface area (Å²) >= 11 is 0. The molecule has 1 aliphatic heterocycles. The van der Waals surface area contributed by atoms with Gasteiger partial charge in [0.1, 0.15) is 31.0 Å². The highest BCUT2D eigenvalue weighted by Gasteiger charge is 2.43. The first kappa shape index (κ1) is 47.6. The molecule has 1 amide bonds. The van der Waals surface area contributed by atoms with E-state index < -0.39 is 42.7 Å². The van der Waals surface area contributed by atoms with E-state index in [9.17, 15) is 25.2 Å². The minimum absolute atomic E-state index is 0.00531. The van der Waals surface area contributed by atoms with Crippen LogP contribution in [-0.2, 0) is 14.3 Å². The Morgan fingerprint density at radius 1 is 0.686 bits per heavy atom. The van der Waals surface area contributed by atoms with Crippen LogP contribution in [0, 0.1) is 0 Å². The number of unbranched alkanes of at least 4 members (excludes halogenated alkanes) is 23. The van der Waals surface area contributed by atoms with E-state index in [0.29, 0.717) is 12.8 Å². The Morgan fingerprint density at radius 2 is 1.14 bits per heavy atom. The molecule has 1 fully saturated rings. The summed E-state index contributed by atoms with van der Waals surface area (Å²) in [6.07, 6.45) is 30.9. The zero-order valence-corrected chi connectivity index (χ0v) is 33.0. The van der Waals surface area contributed by atoms with E-state index >= 15 is 0 Å². The number of amides is 1. The van der Waals surface area contributed by atoms with Gasteiger partial charge in [-0.3, -0.25) is 4.79 Å². The van der Waals surface area contributed by atoms with Gasteiger partial charge in [-0.15, -0.1) is 0 Å². The van der Waals surface area contributed by atoms with Crippen molar-refractivity contribution in [2.45, 2.75) is 236 Å². The van der Waals surface area contributed by atoms with E-state index in [1.165, 1.54) is 135 Å². The lowest BCUT2D eigenvalue weighted by Gasteiger charge is -2.41. The molecule has 8 heteroatoms. The van der Waals surface area contributed by atoms with Crippen molar-refractivity contribution in [2.24, 2.45) is 0 Å². The molecule has 1 saturated heterocycles. The maximum Gasteiger partial charge on any atom is 0.220 e. The summed E-state index contributed by atoms with van der Waals surface area (Å²) in [5.41, 5.74) is 0. The van der Waals surface area contributed by atoms with Crippen LogP contribution in [0.3, 0.4) is 0 Å². The molecule has 0 saturated carbocycles. The number of hydrogen-bond donors (Lipinski definition) is 5. The van der Waals surface area contributed by atoms with Crippen molar-refractivity contribution < 1.29 is 34.7 Å². The first-order chi connectivity index (χ1) is 24.8. The van der Waals surface area contributed by atoms with E-state index in [2.05, 4.69) is 25.7 Å². The van der Waals surface area contributed by atoms with Gasteiger partial charge in [0, 0.05) is 6.42 Å². The Hall–Kier alpha value is -1.45. The number of carbonyl (C=O) groups is 1. The first-order valence-corrected chi connectivity index (χ1v) is 21.4. The zero-order valence-electron chi connectivity index (χ0n) is 33.0. The highest BCUT2D eigenvalue weighted by Crippen LogP contribution is 2.26. The van der Waals surface area contributed by atoms with E-state index in [4.69, 9.17) is 9.47 Å². The van der Waals surface area contributed by atoms with Crippen LogP contribution in [0.1, 0.15) is 194 Å². The molecule has 0 aromatic rings. The second-order valence-electron chi connectivity index (χ2n) is 15.2. The van der Waals surface area contributed by atoms with Gasteiger partial charge in [-0.25, -0.2) is 0 Å². The average Bonchev–Trinajstić information content (AvgIpc) is 3.13. The number of aliphatic hydroxyl groups is 4. The standard InChI is InChI=1S/C43H81NO7/c1-4-7-9-11-13-15-17-19-21-23-25-27-29-31-37(45)36(33-34-38-41(47)43(49)42(48)39(51-38)35-50-6-3)44-40(46)32-30-28-26-24-22-20-18-16-14-12-10-8-5-2/h6,29,31,36-39,41-43,45,47-49H,3-5,7-28,30,32-35H2,1-2H3,(H,44,46)/b31-29+/t36?,37?,38-,39+,41-,42-,43+/m1/s1. The van der Waals surface area contributed by atoms with Gasteiger partial charge in [-0.1, -0.05) is 174 Å². The molecular formula is C43H81NO7. The molecule has 0 aliphatic carbocycles. The fourth-order valence-corrected chi connectivity index (χ4v) is 7.12. The highest BCUT2D eigenvalue weighted by molar-refractivity contribution is 5.76. The van der Waals surface area contributed by atoms with E-state index in [1.54, 1.807) is 6.08 Å². The van der Waals surface area contributed by atoms with Gasteiger partial charge >= 0.3 is 0 Å². The molecule has 1 heterocycles. The average molecular weight is 724 g/mol. The summed E-state index contributed by atoms with van der Waals surface area (Å²) in [6.45, 7) is 8.02. The Balaban J connectivity index is 2.50. The first-order valence-electron chi connectivity index (χ1n) is 21.4. The minimum atomic E-state index is -1.39. The van der Waals surface area contributed by atoms with E-state index in [-0.39, 0.29) is 18.9 Å². The van der Waals surface area contributed by atoms with Crippen molar-refractivity contribution in [3.05, 3.63) is 25.0 Å². The molecule has 0 bridgehead atoms. The molecule has 5 N–H and O–H groups in total. The Bertz CT molecular complexity index is 839. The molecule has 1 rings (SSSR count). The number of aliphatic hydroxyl groups excluding tert-OH is 4. The summed E-state index contributed by atoms with van der Waals surface area (Å²) < 4.78 is 11.1. The molecule has 300 valence electrons. The number of carbonyl (C=O) groups excluding carboxylic acids is 1. The fourth-order valence-electron chi connectivity index (χ4n) is 7.12. The Kier molecular flexibility index (Phi) is 30.9. The van der Waals surface area contributed by atoms with Crippen LogP contribution in [0.5, 0.6) is 0 Å². The number of rotatable bonds is 35. The third kappa shape index (κ3) is 24.5. The second-order valence-corrected chi connectivity index (χ2v) is 15.2. The summed E-state index contributed by atoms with van der Waals surface area (Å²) in [5.74, 6) is -0.0845. The molecule has 8 nitrogen and oxygen atoms in total. The summed E-state index contributed by atoms with van der Waals surface area (Å²) in [7, 11) is 0. The molecule has 0 aromatic carbocycles. The predicted molar refractivity (Wildman–Crippen MR) is 211 cm³/mol. The lowest BCUT2D eigenvalue weighted by atomic mass is 9.91. The van der Waals surface area contributed by atoms with Crippen LogP contribution in [0.25, 0.3) is 0 Å². The second kappa shape index (κ2) is 33.1. The van der Waals surface area contributed by atoms with Crippen molar-refractivity contribution in [3.8, 4) is 0 Å². The third-order valence-corrected chi connectivity index (χ3v) is 10.5. The van der Waals surface area contributed by atoms with Crippen molar-refractivity contribution in [1.82, 2.24) is 5.32 Å². The maximum absolute atomic E-state index is 13.0. The smallest absolute Gasteiger partial charge is 0.220 e. The van der Waals surface area contributed by atoms with Gasteiger partial charge in [-0.05, 0) is 32.1 Å². The summed E-state index contributed by atoms with van der Waals surface area (Å²) in [6, 6.07) is -0.560. The quantitative estimate of drug-likeness (QED) is 0.0250. The molecule has 2 unspecified atom stereocenters. The van der Waals surface area contributed by atoms with Crippen molar-refractivity contribution in [3.63, 3.8) is 0 Å². The molecule has 1 aliphatic rings. The zero-order chi connectivity index (χ0) is 37.4. The van der Waals surface area contributed by atoms with Crippen LogP contribution in [0.15, 0.2) is 25.0 Å². The van der Waals surface area contributed by atoms with E-state index in [0.717, 1.165) is 32.1 Å². The van der Waals surface area contributed by atoms with Crippen molar-refractivity contribution in [1.29, 1.82) is 0 Å². The van der Waals surface area contributed by atoms with Crippen LogP contribution < -0.4 is 5.32 Å². The van der Waals surface area contributed by atoms with Crippen LogP contribution in [-0.4, -0.2) is 75.6 Å².